The van der Waals surface area contributed by atoms with Gasteiger partial charge in [-0.15, -0.1) is 0 Å². The zero-order valence-electron chi connectivity index (χ0n) is 14.0. The summed E-state index contributed by atoms with van der Waals surface area (Å²) in [6.07, 6.45) is 2.38. The number of piperidine rings is 1. The number of likely N-dealkylation sites (tertiary alicyclic amines) is 1. The first-order valence-corrected chi connectivity index (χ1v) is 8.46. The second-order valence-electron chi connectivity index (χ2n) is 5.79. The average Bonchev–Trinajstić information content (AvgIpc) is 2.60. The third-order valence-corrected chi connectivity index (χ3v) is 4.12. The Hall–Kier alpha value is -2.04. The second kappa shape index (κ2) is 8.56. The number of benzene rings is 1. The molecule has 1 fully saturated rings. The molecule has 2 rings (SSSR count). The summed E-state index contributed by atoms with van der Waals surface area (Å²) in [5, 5.41) is 2.94. The molecule has 1 aliphatic rings. The topological polar surface area (TPSA) is 58.6 Å². The van der Waals surface area contributed by atoms with Crippen LogP contribution in [0.15, 0.2) is 24.3 Å². The van der Waals surface area contributed by atoms with Crippen molar-refractivity contribution in [1.29, 1.82) is 0 Å². The average molecular weight is 318 g/mol. The van der Waals surface area contributed by atoms with Crippen LogP contribution in [0.4, 0.5) is 0 Å². The number of carbonyl (C=O) groups excluding carboxylic acids is 2. The molecule has 5 nitrogen and oxygen atoms in total. The van der Waals surface area contributed by atoms with Gasteiger partial charge in [0.15, 0.2) is 0 Å². The lowest BCUT2D eigenvalue weighted by atomic mass is 9.95. The third-order valence-electron chi connectivity index (χ3n) is 4.12. The molecule has 1 aromatic carbocycles. The number of carbonyl (C=O) groups is 2. The molecule has 0 atom stereocenters. The van der Waals surface area contributed by atoms with E-state index in [0.717, 1.165) is 25.8 Å². The Kier molecular flexibility index (Phi) is 6.44. The molecule has 23 heavy (non-hydrogen) atoms. The van der Waals surface area contributed by atoms with E-state index in [0.29, 0.717) is 31.0 Å². The Labute approximate surface area is 138 Å². The van der Waals surface area contributed by atoms with Gasteiger partial charge >= 0.3 is 0 Å². The van der Waals surface area contributed by atoms with Gasteiger partial charge in [0.05, 0.1) is 12.2 Å². The van der Waals surface area contributed by atoms with Crippen LogP contribution in [0.5, 0.6) is 5.75 Å². The predicted molar refractivity (Wildman–Crippen MR) is 89.5 cm³/mol. The minimum atomic E-state index is -0.0125. The van der Waals surface area contributed by atoms with Crippen LogP contribution >= 0.6 is 0 Å². The van der Waals surface area contributed by atoms with E-state index in [4.69, 9.17) is 4.74 Å². The first-order valence-electron chi connectivity index (χ1n) is 8.46. The van der Waals surface area contributed by atoms with E-state index in [1.54, 1.807) is 6.07 Å². The Balaban J connectivity index is 1.95. The highest BCUT2D eigenvalue weighted by atomic mass is 16.5. The van der Waals surface area contributed by atoms with E-state index >= 15 is 0 Å². The molecule has 1 saturated heterocycles. The maximum atomic E-state index is 12.7. The molecule has 0 aromatic heterocycles. The summed E-state index contributed by atoms with van der Waals surface area (Å²) >= 11 is 0. The lowest BCUT2D eigenvalue weighted by molar-refractivity contribution is -0.126. The van der Waals surface area contributed by atoms with Crippen molar-refractivity contribution in [3.8, 4) is 5.75 Å². The standard InChI is InChI=1S/C18H26N2O3/c1-3-11-19-17(21)14-9-12-20(13-10-14)18(22)15-7-5-6-8-16(15)23-4-2/h5-8,14H,3-4,9-13H2,1-2H3,(H,19,21). The van der Waals surface area contributed by atoms with Crippen LogP contribution in [0, 0.1) is 5.92 Å². The van der Waals surface area contributed by atoms with E-state index in [1.165, 1.54) is 0 Å². The van der Waals surface area contributed by atoms with Crippen LogP contribution in [0.25, 0.3) is 0 Å². The summed E-state index contributed by atoms with van der Waals surface area (Å²) < 4.78 is 5.54. The van der Waals surface area contributed by atoms with Crippen molar-refractivity contribution < 1.29 is 14.3 Å². The number of hydrogen-bond acceptors (Lipinski definition) is 3. The van der Waals surface area contributed by atoms with Gasteiger partial charge in [-0.25, -0.2) is 0 Å². The van der Waals surface area contributed by atoms with Crippen molar-refractivity contribution in [2.45, 2.75) is 33.1 Å². The molecule has 2 amide bonds. The fourth-order valence-corrected chi connectivity index (χ4v) is 2.83. The largest absolute Gasteiger partial charge is 0.493 e. The number of rotatable bonds is 6. The Morgan fingerprint density at radius 1 is 1.22 bits per heavy atom. The normalized spacial score (nSPS) is 15.3. The third kappa shape index (κ3) is 4.47. The van der Waals surface area contributed by atoms with Crippen LogP contribution < -0.4 is 10.1 Å². The molecular formula is C18H26N2O3. The van der Waals surface area contributed by atoms with Gasteiger partial charge in [0.25, 0.3) is 5.91 Å². The van der Waals surface area contributed by atoms with Gasteiger partial charge in [-0.1, -0.05) is 19.1 Å². The van der Waals surface area contributed by atoms with Gasteiger partial charge in [0.1, 0.15) is 5.75 Å². The van der Waals surface area contributed by atoms with Gasteiger partial charge in [-0.05, 0) is 38.3 Å². The molecule has 0 saturated carbocycles. The van der Waals surface area contributed by atoms with Crippen LogP contribution in [-0.4, -0.2) is 43.0 Å². The number of para-hydroxylation sites is 1. The molecule has 5 heteroatoms. The summed E-state index contributed by atoms with van der Waals surface area (Å²) in [4.78, 5) is 26.5. The minimum Gasteiger partial charge on any atom is -0.493 e. The molecular weight excluding hydrogens is 292 g/mol. The van der Waals surface area contributed by atoms with Crippen LogP contribution in [0.3, 0.4) is 0 Å². The van der Waals surface area contributed by atoms with Gasteiger partial charge in [-0.2, -0.15) is 0 Å². The fraction of sp³-hybridized carbons (Fsp3) is 0.556. The maximum Gasteiger partial charge on any atom is 0.257 e. The number of amides is 2. The zero-order chi connectivity index (χ0) is 16.7. The van der Waals surface area contributed by atoms with Crippen molar-refractivity contribution in [2.75, 3.05) is 26.2 Å². The summed E-state index contributed by atoms with van der Waals surface area (Å²) in [6.45, 7) is 6.43. The molecule has 1 aromatic rings. The molecule has 0 spiro atoms. The maximum absolute atomic E-state index is 12.7. The molecule has 1 aliphatic heterocycles. The number of hydrogen-bond donors (Lipinski definition) is 1. The zero-order valence-corrected chi connectivity index (χ0v) is 14.0. The van der Waals surface area contributed by atoms with E-state index in [2.05, 4.69) is 5.32 Å². The van der Waals surface area contributed by atoms with Gasteiger partial charge in [-0.3, -0.25) is 9.59 Å². The highest BCUT2D eigenvalue weighted by molar-refractivity contribution is 5.97. The lowest BCUT2D eigenvalue weighted by Crippen LogP contribution is -2.43. The van der Waals surface area contributed by atoms with Gasteiger partial charge in [0.2, 0.25) is 5.91 Å². The van der Waals surface area contributed by atoms with E-state index in [1.807, 2.05) is 36.9 Å². The van der Waals surface area contributed by atoms with E-state index in [9.17, 15) is 9.59 Å². The molecule has 0 unspecified atom stereocenters. The van der Waals surface area contributed by atoms with Gasteiger partial charge in [0, 0.05) is 25.6 Å². The highest BCUT2D eigenvalue weighted by Gasteiger charge is 2.28. The number of ether oxygens (including phenoxy) is 1. The molecule has 1 N–H and O–H groups in total. The van der Waals surface area contributed by atoms with Crippen molar-refractivity contribution in [2.24, 2.45) is 5.92 Å². The van der Waals surface area contributed by atoms with Crippen LogP contribution in [0.2, 0.25) is 0 Å². The van der Waals surface area contributed by atoms with Crippen molar-refractivity contribution in [3.05, 3.63) is 29.8 Å². The van der Waals surface area contributed by atoms with E-state index < -0.39 is 0 Å². The van der Waals surface area contributed by atoms with Crippen LogP contribution in [-0.2, 0) is 4.79 Å². The van der Waals surface area contributed by atoms with Crippen molar-refractivity contribution in [3.63, 3.8) is 0 Å². The predicted octanol–water partition coefficient (Wildman–Crippen LogP) is 2.46. The van der Waals surface area contributed by atoms with E-state index in [-0.39, 0.29) is 17.7 Å². The monoisotopic (exact) mass is 318 g/mol. The van der Waals surface area contributed by atoms with Crippen LogP contribution in [0.1, 0.15) is 43.5 Å². The first kappa shape index (κ1) is 17.3. The minimum absolute atomic E-state index is 0.0125. The summed E-state index contributed by atoms with van der Waals surface area (Å²) in [6, 6.07) is 7.34. The SMILES string of the molecule is CCCNC(=O)C1CCN(C(=O)c2ccccc2OCC)CC1. The summed E-state index contributed by atoms with van der Waals surface area (Å²) in [5.74, 6) is 0.755. The molecule has 0 radical (unpaired) electrons. The molecule has 0 aliphatic carbocycles. The smallest absolute Gasteiger partial charge is 0.257 e. The highest BCUT2D eigenvalue weighted by Crippen LogP contribution is 2.24. The molecule has 126 valence electrons. The quantitative estimate of drug-likeness (QED) is 0.876. The molecule has 1 heterocycles. The second-order valence-corrected chi connectivity index (χ2v) is 5.79. The lowest BCUT2D eigenvalue weighted by Gasteiger charge is -2.31. The Bertz CT molecular complexity index is 537. The van der Waals surface area contributed by atoms with Gasteiger partial charge < -0.3 is 15.0 Å². The Morgan fingerprint density at radius 3 is 2.57 bits per heavy atom. The number of nitrogens with zero attached hydrogens (tertiary/aromatic N) is 1. The summed E-state index contributed by atoms with van der Waals surface area (Å²) in [7, 11) is 0. The first-order chi connectivity index (χ1) is 11.2. The fourth-order valence-electron chi connectivity index (χ4n) is 2.83. The Morgan fingerprint density at radius 2 is 1.91 bits per heavy atom. The number of nitrogens with one attached hydrogen (secondary N) is 1. The van der Waals surface area contributed by atoms with Crippen molar-refractivity contribution >= 4 is 11.8 Å². The molecule has 0 bridgehead atoms. The van der Waals surface area contributed by atoms with Crippen molar-refractivity contribution in [1.82, 2.24) is 10.2 Å². The summed E-state index contributed by atoms with van der Waals surface area (Å²) in [5.41, 5.74) is 0.600.